The highest BCUT2D eigenvalue weighted by molar-refractivity contribution is 5.76. The van der Waals surface area contributed by atoms with Gasteiger partial charge < -0.3 is 10.0 Å². The van der Waals surface area contributed by atoms with Crippen molar-refractivity contribution in [3.05, 3.63) is 89.5 Å². The van der Waals surface area contributed by atoms with Crippen molar-refractivity contribution in [2.45, 2.75) is 33.3 Å². The van der Waals surface area contributed by atoms with Crippen molar-refractivity contribution >= 4 is 17.1 Å². The molecule has 2 nitrogen and oxygen atoms in total. The fourth-order valence-electron chi connectivity index (χ4n) is 2.85. The molecule has 0 aliphatic rings. The average Bonchev–Trinajstić information content (AvgIpc) is 2.58. The van der Waals surface area contributed by atoms with Crippen LogP contribution in [0.25, 0.3) is 0 Å². The minimum absolute atomic E-state index is 0.836. The van der Waals surface area contributed by atoms with Gasteiger partial charge in [-0.15, -0.1) is 0 Å². The van der Waals surface area contributed by atoms with Crippen LogP contribution in [-0.4, -0.2) is 5.11 Å². The Balaban J connectivity index is 2.07. The standard InChI is InChI=1S/C23H25NO/c1-17-5-11-20(12-6-17)24(21-13-7-18(2)8-14-21)22-15-9-19(10-16-22)23(3,4)25/h5-16,25H,1-4H3. The van der Waals surface area contributed by atoms with E-state index in [0.29, 0.717) is 0 Å². The molecular weight excluding hydrogens is 306 g/mol. The maximum atomic E-state index is 10.2. The predicted octanol–water partition coefficient (Wildman–Crippen LogP) is 6.00. The number of nitrogens with zero attached hydrogens (tertiary/aromatic N) is 1. The molecule has 3 aromatic rings. The zero-order valence-electron chi connectivity index (χ0n) is 15.3. The number of rotatable bonds is 4. The maximum absolute atomic E-state index is 10.2. The number of hydrogen-bond donors (Lipinski definition) is 1. The first-order valence-corrected chi connectivity index (χ1v) is 8.61. The van der Waals surface area contributed by atoms with Gasteiger partial charge in [0.1, 0.15) is 0 Å². The number of hydrogen-bond acceptors (Lipinski definition) is 2. The van der Waals surface area contributed by atoms with Crippen molar-refractivity contribution in [3.63, 3.8) is 0 Å². The molecule has 0 aromatic heterocycles. The lowest BCUT2D eigenvalue weighted by molar-refractivity contribution is 0.0786. The van der Waals surface area contributed by atoms with Crippen LogP contribution in [0.5, 0.6) is 0 Å². The van der Waals surface area contributed by atoms with Crippen LogP contribution in [0.1, 0.15) is 30.5 Å². The molecule has 0 bridgehead atoms. The largest absolute Gasteiger partial charge is 0.386 e. The first-order valence-electron chi connectivity index (χ1n) is 8.61. The second-order valence-corrected chi connectivity index (χ2v) is 7.11. The summed E-state index contributed by atoms with van der Waals surface area (Å²) in [5.74, 6) is 0. The lowest BCUT2D eigenvalue weighted by Crippen LogP contribution is -2.16. The zero-order chi connectivity index (χ0) is 18.0. The van der Waals surface area contributed by atoms with Gasteiger partial charge in [-0.1, -0.05) is 47.5 Å². The second-order valence-electron chi connectivity index (χ2n) is 7.11. The Hall–Kier alpha value is -2.58. The number of benzene rings is 3. The van der Waals surface area contributed by atoms with Gasteiger partial charge in [0.15, 0.2) is 0 Å². The van der Waals surface area contributed by atoms with Gasteiger partial charge >= 0.3 is 0 Å². The molecule has 0 fully saturated rings. The molecule has 0 unspecified atom stereocenters. The molecule has 0 amide bonds. The van der Waals surface area contributed by atoms with Crippen LogP contribution in [0.2, 0.25) is 0 Å². The number of anilines is 3. The van der Waals surface area contributed by atoms with E-state index in [4.69, 9.17) is 0 Å². The van der Waals surface area contributed by atoms with Crippen molar-refractivity contribution in [1.29, 1.82) is 0 Å². The fraction of sp³-hybridized carbons (Fsp3) is 0.217. The van der Waals surface area contributed by atoms with Crippen LogP contribution in [0.4, 0.5) is 17.1 Å². The first kappa shape index (κ1) is 17.2. The van der Waals surface area contributed by atoms with Crippen molar-refractivity contribution < 1.29 is 5.11 Å². The molecule has 25 heavy (non-hydrogen) atoms. The molecule has 3 aromatic carbocycles. The predicted molar refractivity (Wildman–Crippen MR) is 106 cm³/mol. The lowest BCUT2D eigenvalue weighted by Gasteiger charge is -2.27. The van der Waals surface area contributed by atoms with Crippen LogP contribution in [0.15, 0.2) is 72.8 Å². The van der Waals surface area contributed by atoms with Crippen molar-refractivity contribution in [2.24, 2.45) is 0 Å². The molecule has 0 saturated heterocycles. The molecule has 0 heterocycles. The maximum Gasteiger partial charge on any atom is 0.0840 e. The molecule has 0 aliphatic heterocycles. The molecule has 3 rings (SSSR count). The van der Waals surface area contributed by atoms with Gasteiger partial charge in [-0.25, -0.2) is 0 Å². The quantitative estimate of drug-likeness (QED) is 0.633. The van der Waals surface area contributed by atoms with Crippen LogP contribution in [0, 0.1) is 13.8 Å². The fourth-order valence-corrected chi connectivity index (χ4v) is 2.85. The van der Waals surface area contributed by atoms with Gasteiger partial charge in [-0.2, -0.15) is 0 Å². The Bertz CT molecular complexity index is 780. The SMILES string of the molecule is Cc1ccc(N(c2ccc(C)cc2)c2ccc(C(C)(C)O)cc2)cc1. The lowest BCUT2D eigenvalue weighted by atomic mass is 9.98. The summed E-state index contributed by atoms with van der Waals surface area (Å²) in [7, 11) is 0. The summed E-state index contributed by atoms with van der Waals surface area (Å²) < 4.78 is 0. The third-order valence-corrected chi connectivity index (χ3v) is 4.42. The van der Waals surface area contributed by atoms with Crippen LogP contribution in [0.3, 0.4) is 0 Å². The van der Waals surface area contributed by atoms with E-state index in [0.717, 1.165) is 22.6 Å². The topological polar surface area (TPSA) is 23.5 Å². The Morgan fingerprint density at radius 3 is 1.24 bits per heavy atom. The highest BCUT2D eigenvalue weighted by Crippen LogP contribution is 2.35. The van der Waals surface area contributed by atoms with Crippen LogP contribution < -0.4 is 4.90 Å². The smallest absolute Gasteiger partial charge is 0.0840 e. The van der Waals surface area contributed by atoms with Gasteiger partial charge in [-0.3, -0.25) is 0 Å². The van der Waals surface area contributed by atoms with Gasteiger partial charge in [0.2, 0.25) is 0 Å². The number of aliphatic hydroxyl groups is 1. The highest BCUT2D eigenvalue weighted by atomic mass is 16.3. The van der Waals surface area contributed by atoms with E-state index in [1.54, 1.807) is 13.8 Å². The van der Waals surface area contributed by atoms with Crippen molar-refractivity contribution in [3.8, 4) is 0 Å². The van der Waals surface area contributed by atoms with Crippen molar-refractivity contribution in [2.75, 3.05) is 4.90 Å². The minimum Gasteiger partial charge on any atom is -0.386 e. The van der Waals surface area contributed by atoms with E-state index in [1.165, 1.54) is 11.1 Å². The summed E-state index contributed by atoms with van der Waals surface area (Å²) >= 11 is 0. The monoisotopic (exact) mass is 331 g/mol. The van der Waals surface area contributed by atoms with E-state index in [9.17, 15) is 5.11 Å². The summed E-state index contributed by atoms with van der Waals surface area (Å²) in [5, 5.41) is 10.2. The summed E-state index contributed by atoms with van der Waals surface area (Å²) in [6.45, 7) is 7.80. The van der Waals surface area contributed by atoms with Gasteiger partial charge in [0.25, 0.3) is 0 Å². The van der Waals surface area contributed by atoms with E-state index >= 15 is 0 Å². The van der Waals surface area contributed by atoms with Gasteiger partial charge in [0, 0.05) is 17.1 Å². The summed E-state index contributed by atoms with van der Waals surface area (Å²) in [5.41, 5.74) is 5.85. The average molecular weight is 331 g/mol. The molecule has 1 N–H and O–H groups in total. The van der Waals surface area contributed by atoms with E-state index in [-0.39, 0.29) is 0 Å². The molecule has 0 aliphatic carbocycles. The third kappa shape index (κ3) is 3.92. The normalized spacial score (nSPS) is 11.4. The van der Waals surface area contributed by atoms with E-state index < -0.39 is 5.60 Å². The minimum atomic E-state index is -0.836. The van der Waals surface area contributed by atoms with Crippen LogP contribution in [-0.2, 0) is 5.60 Å². The Kier molecular flexibility index (Phi) is 4.65. The molecular formula is C23H25NO. The van der Waals surface area contributed by atoms with Crippen molar-refractivity contribution in [1.82, 2.24) is 0 Å². The van der Waals surface area contributed by atoms with E-state index in [2.05, 4.69) is 79.4 Å². The molecule has 0 atom stereocenters. The Morgan fingerprint density at radius 1 is 0.600 bits per heavy atom. The highest BCUT2D eigenvalue weighted by Gasteiger charge is 2.17. The van der Waals surface area contributed by atoms with Crippen LogP contribution >= 0.6 is 0 Å². The summed E-state index contributed by atoms with van der Waals surface area (Å²) in [6.07, 6.45) is 0. The zero-order valence-corrected chi connectivity index (χ0v) is 15.3. The summed E-state index contributed by atoms with van der Waals surface area (Å²) in [4.78, 5) is 2.23. The molecule has 0 spiro atoms. The Labute approximate surface area is 150 Å². The number of aryl methyl sites for hydroxylation is 2. The van der Waals surface area contributed by atoms with Gasteiger partial charge in [-0.05, 0) is 69.7 Å². The molecule has 0 radical (unpaired) electrons. The second kappa shape index (κ2) is 6.73. The molecule has 2 heteroatoms. The first-order chi connectivity index (χ1) is 11.8. The molecule has 0 saturated carbocycles. The molecule has 128 valence electrons. The summed E-state index contributed by atoms with van der Waals surface area (Å²) in [6, 6.07) is 25.2. The Morgan fingerprint density at radius 2 is 0.920 bits per heavy atom. The van der Waals surface area contributed by atoms with E-state index in [1.807, 2.05) is 12.1 Å². The van der Waals surface area contributed by atoms with Gasteiger partial charge in [0.05, 0.1) is 5.60 Å². The third-order valence-electron chi connectivity index (χ3n) is 4.42.